The molecular formula is C17H18ClNO. The molecule has 0 spiro atoms. The number of aliphatic hydroxyl groups excluding tert-OH is 1. The van der Waals surface area contributed by atoms with Crippen molar-refractivity contribution in [1.29, 1.82) is 0 Å². The molecular weight excluding hydrogens is 270 g/mol. The fourth-order valence-corrected chi connectivity index (χ4v) is 3.12. The van der Waals surface area contributed by atoms with Gasteiger partial charge in [0.1, 0.15) is 0 Å². The van der Waals surface area contributed by atoms with Crippen LogP contribution in [-0.2, 0) is 6.42 Å². The van der Waals surface area contributed by atoms with Gasteiger partial charge in [0.15, 0.2) is 0 Å². The van der Waals surface area contributed by atoms with E-state index in [0.29, 0.717) is 12.8 Å². The van der Waals surface area contributed by atoms with Gasteiger partial charge in [-0.3, -0.25) is 0 Å². The highest BCUT2D eigenvalue weighted by Crippen LogP contribution is 2.34. The van der Waals surface area contributed by atoms with Crippen LogP contribution in [0.2, 0.25) is 5.02 Å². The van der Waals surface area contributed by atoms with E-state index in [1.165, 1.54) is 11.1 Å². The first kappa shape index (κ1) is 13.5. The van der Waals surface area contributed by atoms with Crippen molar-refractivity contribution in [3.63, 3.8) is 0 Å². The number of fused-ring (bicyclic) bond motifs is 1. The minimum absolute atomic E-state index is 0.0441. The highest BCUT2D eigenvalue weighted by atomic mass is 35.5. The van der Waals surface area contributed by atoms with E-state index in [1.54, 1.807) is 0 Å². The molecule has 0 aromatic heterocycles. The number of benzene rings is 2. The van der Waals surface area contributed by atoms with Gasteiger partial charge in [-0.15, -0.1) is 0 Å². The van der Waals surface area contributed by atoms with Gasteiger partial charge in [-0.2, -0.15) is 0 Å². The van der Waals surface area contributed by atoms with E-state index in [0.717, 1.165) is 16.3 Å². The monoisotopic (exact) mass is 287 g/mol. The van der Waals surface area contributed by atoms with Gasteiger partial charge >= 0.3 is 0 Å². The van der Waals surface area contributed by atoms with Crippen molar-refractivity contribution in [3.8, 4) is 0 Å². The topological polar surface area (TPSA) is 32.3 Å². The molecule has 0 saturated heterocycles. The maximum Gasteiger partial charge on any atom is 0.0604 e. The second-order valence-corrected chi connectivity index (χ2v) is 5.88. The quantitative estimate of drug-likeness (QED) is 0.827. The number of halogens is 1. The lowest BCUT2D eigenvalue weighted by Gasteiger charge is -2.20. The molecule has 0 radical (unpaired) electrons. The van der Waals surface area contributed by atoms with Crippen LogP contribution in [0.15, 0.2) is 42.5 Å². The van der Waals surface area contributed by atoms with Crippen LogP contribution >= 0.6 is 11.6 Å². The van der Waals surface area contributed by atoms with Crippen LogP contribution in [0.3, 0.4) is 0 Å². The number of anilines is 1. The standard InChI is InChI=1S/C17H18ClNO/c1-11-6-7-16-12(8-11)9-13(20)10-17(19-16)14-4-2-3-5-15(14)18/h2-8,13,17,19-20H,9-10H2,1H3/t13-,17+/m1/s1. The molecule has 2 nitrogen and oxygen atoms in total. The largest absolute Gasteiger partial charge is 0.393 e. The Bertz CT molecular complexity index is 626. The van der Waals surface area contributed by atoms with Gasteiger partial charge in [-0.1, -0.05) is 47.5 Å². The van der Waals surface area contributed by atoms with E-state index < -0.39 is 0 Å². The number of hydrogen-bond acceptors (Lipinski definition) is 2. The van der Waals surface area contributed by atoms with Crippen molar-refractivity contribution in [2.24, 2.45) is 0 Å². The predicted molar refractivity (Wildman–Crippen MR) is 83.3 cm³/mol. The highest BCUT2D eigenvalue weighted by molar-refractivity contribution is 6.31. The Labute approximate surface area is 124 Å². The van der Waals surface area contributed by atoms with E-state index in [-0.39, 0.29) is 12.1 Å². The summed E-state index contributed by atoms with van der Waals surface area (Å²) in [6.07, 6.45) is 0.995. The van der Waals surface area contributed by atoms with E-state index in [9.17, 15) is 5.11 Å². The summed E-state index contributed by atoms with van der Waals surface area (Å²) in [6.45, 7) is 2.07. The minimum Gasteiger partial charge on any atom is -0.393 e. The van der Waals surface area contributed by atoms with Crippen molar-refractivity contribution in [2.75, 3.05) is 5.32 Å². The van der Waals surface area contributed by atoms with E-state index in [2.05, 4.69) is 30.4 Å². The molecule has 20 heavy (non-hydrogen) atoms. The van der Waals surface area contributed by atoms with Crippen LogP contribution in [0.25, 0.3) is 0 Å². The Morgan fingerprint density at radius 3 is 2.80 bits per heavy atom. The maximum atomic E-state index is 10.3. The molecule has 1 aliphatic rings. The summed E-state index contributed by atoms with van der Waals surface area (Å²) in [5.74, 6) is 0. The Kier molecular flexibility index (Phi) is 3.68. The molecule has 1 aliphatic heterocycles. The number of rotatable bonds is 1. The van der Waals surface area contributed by atoms with Gasteiger partial charge in [0.25, 0.3) is 0 Å². The first-order valence-electron chi connectivity index (χ1n) is 6.92. The third-order valence-electron chi connectivity index (χ3n) is 3.83. The van der Waals surface area contributed by atoms with Gasteiger partial charge in [-0.05, 0) is 36.6 Å². The van der Waals surface area contributed by atoms with E-state index in [1.807, 2.05) is 24.3 Å². The van der Waals surface area contributed by atoms with Crippen LogP contribution in [0.5, 0.6) is 0 Å². The molecule has 0 bridgehead atoms. The SMILES string of the molecule is Cc1ccc2c(c1)C[C@@H](O)C[C@@H](c1ccccc1Cl)N2. The summed E-state index contributed by atoms with van der Waals surface area (Å²) in [6, 6.07) is 14.2. The molecule has 2 aromatic rings. The third kappa shape index (κ3) is 2.67. The minimum atomic E-state index is -0.355. The molecule has 2 aromatic carbocycles. The lowest BCUT2D eigenvalue weighted by molar-refractivity contribution is 0.161. The summed E-state index contributed by atoms with van der Waals surface area (Å²) in [4.78, 5) is 0. The van der Waals surface area contributed by atoms with E-state index >= 15 is 0 Å². The fraction of sp³-hybridized carbons (Fsp3) is 0.294. The van der Waals surface area contributed by atoms with Gasteiger partial charge in [0, 0.05) is 17.1 Å². The predicted octanol–water partition coefficient (Wildman–Crippen LogP) is 4.11. The molecule has 3 rings (SSSR count). The molecule has 0 saturated carbocycles. The normalized spacial score (nSPS) is 21.8. The van der Waals surface area contributed by atoms with Gasteiger partial charge < -0.3 is 10.4 Å². The van der Waals surface area contributed by atoms with Crippen LogP contribution in [0, 0.1) is 6.92 Å². The van der Waals surface area contributed by atoms with Crippen molar-refractivity contribution < 1.29 is 5.11 Å². The smallest absolute Gasteiger partial charge is 0.0604 e. The Hall–Kier alpha value is -1.51. The summed E-state index contributed by atoms with van der Waals surface area (Å²) >= 11 is 6.29. The van der Waals surface area contributed by atoms with Crippen molar-refractivity contribution in [1.82, 2.24) is 0 Å². The number of aliphatic hydroxyl groups is 1. The summed E-state index contributed by atoms with van der Waals surface area (Å²) in [5.41, 5.74) is 4.53. The van der Waals surface area contributed by atoms with Gasteiger partial charge in [0.2, 0.25) is 0 Å². The van der Waals surface area contributed by atoms with Crippen molar-refractivity contribution in [2.45, 2.75) is 31.9 Å². The summed E-state index contributed by atoms with van der Waals surface area (Å²) in [7, 11) is 0. The van der Waals surface area contributed by atoms with Gasteiger partial charge in [-0.25, -0.2) is 0 Å². The average molecular weight is 288 g/mol. The molecule has 3 heteroatoms. The lowest BCUT2D eigenvalue weighted by Crippen LogP contribution is -2.16. The van der Waals surface area contributed by atoms with Gasteiger partial charge in [0.05, 0.1) is 12.1 Å². The van der Waals surface area contributed by atoms with Crippen molar-refractivity contribution in [3.05, 3.63) is 64.2 Å². The zero-order valence-electron chi connectivity index (χ0n) is 11.4. The van der Waals surface area contributed by atoms with Crippen LogP contribution in [0.1, 0.15) is 29.2 Å². The zero-order valence-corrected chi connectivity index (χ0v) is 12.2. The fourth-order valence-electron chi connectivity index (χ4n) is 2.85. The third-order valence-corrected chi connectivity index (χ3v) is 4.18. The van der Waals surface area contributed by atoms with Crippen LogP contribution < -0.4 is 5.32 Å². The molecule has 1 heterocycles. The van der Waals surface area contributed by atoms with Crippen molar-refractivity contribution >= 4 is 17.3 Å². The Morgan fingerprint density at radius 1 is 1.20 bits per heavy atom. The highest BCUT2D eigenvalue weighted by Gasteiger charge is 2.24. The first-order valence-corrected chi connectivity index (χ1v) is 7.30. The zero-order chi connectivity index (χ0) is 14.1. The molecule has 0 aliphatic carbocycles. The van der Waals surface area contributed by atoms with Crippen LogP contribution in [-0.4, -0.2) is 11.2 Å². The average Bonchev–Trinajstić information content (AvgIpc) is 2.56. The number of aryl methyl sites for hydroxylation is 1. The molecule has 0 fully saturated rings. The second-order valence-electron chi connectivity index (χ2n) is 5.47. The Balaban J connectivity index is 1.99. The summed E-state index contributed by atoms with van der Waals surface area (Å²) in [5, 5.41) is 14.5. The molecule has 0 amide bonds. The maximum absolute atomic E-state index is 10.3. The summed E-state index contributed by atoms with van der Waals surface area (Å²) < 4.78 is 0. The molecule has 2 N–H and O–H groups in total. The molecule has 0 unspecified atom stereocenters. The molecule has 2 atom stereocenters. The molecule has 104 valence electrons. The first-order chi connectivity index (χ1) is 9.63. The number of hydrogen-bond donors (Lipinski definition) is 2. The second kappa shape index (κ2) is 5.47. The number of nitrogens with one attached hydrogen (secondary N) is 1. The Morgan fingerprint density at radius 2 is 2.00 bits per heavy atom. The van der Waals surface area contributed by atoms with E-state index in [4.69, 9.17) is 11.6 Å². The lowest BCUT2D eigenvalue weighted by atomic mass is 9.99. The van der Waals surface area contributed by atoms with Crippen LogP contribution in [0.4, 0.5) is 5.69 Å².